The molecule has 7 rings (SSSR count). The highest BCUT2D eigenvalue weighted by atomic mass is 31.2. The number of imidazole rings is 2. The smallest absolute Gasteiger partial charge is 0.276 e. The van der Waals surface area contributed by atoms with E-state index in [9.17, 15) is 29.0 Å². The molecule has 5 heterocycles. The highest BCUT2D eigenvalue weighted by Crippen LogP contribution is 2.39. The van der Waals surface area contributed by atoms with Crippen LogP contribution in [0.4, 0.5) is 17.6 Å². The molecular weight excluding hydrogens is 821 g/mol. The number of nitrogens with zero attached hydrogens (tertiary/aromatic N) is 9. The summed E-state index contributed by atoms with van der Waals surface area (Å²) in [6.45, 7) is 8.72. The van der Waals surface area contributed by atoms with E-state index < -0.39 is 37.2 Å². The van der Waals surface area contributed by atoms with Crippen LogP contribution < -0.4 is 31.7 Å². The summed E-state index contributed by atoms with van der Waals surface area (Å²) in [7, 11) is -1.83. The van der Waals surface area contributed by atoms with Gasteiger partial charge in [0, 0.05) is 50.8 Å². The summed E-state index contributed by atoms with van der Waals surface area (Å²) < 4.78 is 17.9. The molecule has 1 atom stereocenters. The first kappa shape index (κ1) is 43.3. The maximum Gasteiger partial charge on any atom is 0.276 e. The van der Waals surface area contributed by atoms with E-state index in [1.54, 1.807) is 52.0 Å². The Morgan fingerprint density at radius 3 is 2.00 bits per heavy atom. The number of likely N-dealkylation sites (N-methyl/N-ethyl adjacent to an activating group) is 1. The number of fused-ring (bicyclic) bond motifs is 1. The van der Waals surface area contributed by atoms with Crippen molar-refractivity contribution < 1.29 is 38.2 Å². The monoisotopic (exact) mass is 869 g/mol. The van der Waals surface area contributed by atoms with Crippen LogP contribution in [0.15, 0.2) is 48.6 Å². The van der Waals surface area contributed by atoms with Crippen molar-refractivity contribution in [2.24, 2.45) is 11.5 Å². The molecule has 8 N–H and O–H groups in total. The summed E-state index contributed by atoms with van der Waals surface area (Å²) in [5.41, 5.74) is 16.3. The maximum absolute atomic E-state index is 13.8. The van der Waals surface area contributed by atoms with E-state index in [2.05, 4.69) is 27.1 Å². The Hall–Kier alpha value is -6.80. The lowest BCUT2D eigenvalue weighted by atomic mass is 10.1. The van der Waals surface area contributed by atoms with E-state index in [0.29, 0.717) is 70.2 Å². The first-order chi connectivity index (χ1) is 29.5. The predicted molar refractivity (Wildman–Crippen MR) is 234 cm³/mol. The first-order valence-corrected chi connectivity index (χ1v) is 21.5. The van der Waals surface area contributed by atoms with Crippen molar-refractivity contribution in [2.45, 2.75) is 59.8 Å². The molecule has 2 aromatic carbocycles. The number of hydrogen-bond acceptors (Lipinski definition) is 13. The van der Waals surface area contributed by atoms with Gasteiger partial charge in [-0.2, -0.15) is 10.2 Å². The van der Waals surface area contributed by atoms with Crippen LogP contribution >= 0.6 is 7.57 Å². The molecule has 0 fully saturated rings. The van der Waals surface area contributed by atoms with Gasteiger partial charge in [-0.05, 0) is 70.4 Å². The molecular formula is C40H48N13O8P. The van der Waals surface area contributed by atoms with Gasteiger partial charge in [-0.3, -0.25) is 43.7 Å². The van der Waals surface area contributed by atoms with Crippen molar-refractivity contribution in [3.05, 3.63) is 82.5 Å². The highest BCUT2D eigenvalue weighted by Gasteiger charge is 2.30. The number of carbonyl (C=O) groups is 4. The number of hydrogen-bond donors (Lipinski definition) is 6. The number of carbonyl (C=O) groups excluding carboxylic acids is 4. The topological polar surface area (TPSA) is 278 Å². The minimum Gasteiger partial charge on any atom is -0.491 e. The van der Waals surface area contributed by atoms with Crippen LogP contribution in [-0.4, -0.2) is 105 Å². The molecule has 62 heavy (non-hydrogen) atoms. The van der Waals surface area contributed by atoms with Crippen molar-refractivity contribution in [1.82, 2.24) is 38.7 Å². The Morgan fingerprint density at radius 2 is 1.42 bits per heavy atom. The van der Waals surface area contributed by atoms with E-state index in [1.807, 2.05) is 42.5 Å². The number of aromatic nitrogens is 8. The summed E-state index contributed by atoms with van der Waals surface area (Å²) in [5.74, 6) is -1.67. The van der Waals surface area contributed by atoms with Crippen molar-refractivity contribution in [1.29, 1.82) is 0 Å². The minimum atomic E-state index is -3.71. The molecule has 0 aliphatic carbocycles. The van der Waals surface area contributed by atoms with E-state index >= 15 is 0 Å². The van der Waals surface area contributed by atoms with Crippen LogP contribution in [-0.2, 0) is 24.2 Å². The minimum absolute atomic E-state index is 0.0318. The van der Waals surface area contributed by atoms with Crippen LogP contribution in [0.5, 0.6) is 5.75 Å². The summed E-state index contributed by atoms with van der Waals surface area (Å²) in [5, 5.41) is 14.7. The fraction of sp³-hybridized carbons (Fsp3) is 0.325. The van der Waals surface area contributed by atoms with Gasteiger partial charge in [0.2, 0.25) is 31.3 Å². The Kier molecular flexibility index (Phi) is 12.1. The Bertz CT molecular complexity index is 2830. The Balaban J connectivity index is 1.30. The highest BCUT2D eigenvalue weighted by molar-refractivity contribution is 7.57. The van der Waals surface area contributed by atoms with Gasteiger partial charge < -0.3 is 40.0 Å². The van der Waals surface area contributed by atoms with Crippen LogP contribution in [0.1, 0.15) is 79.4 Å². The summed E-state index contributed by atoms with van der Waals surface area (Å²) in [6.07, 6.45) is 7.23. The van der Waals surface area contributed by atoms with Crippen LogP contribution in [0.2, 0.25) is 0 Å². The molecule has 0 radical (unpaired) electrons. The molecule has 0 unspecified atom stereocenters. The number of anilines is 3. The standard InChI is InChI=1S/C40H48N13O8P/c1-7-51-30(15-22(3)47-51)37(56)45-39-43-28-18-25(36(42)55)20-32(60-13-10-14-61-62(6,58)59)34(28)50(39)12-9-11-26-21-49(5)29-19-24(35(41)54)17-27-33(29)53(26)40(44-27)46-38(57)31-16-23(4)48-52(31)8-2/h9,11,15-20,26,58-59H,6-8,10,12-14,21H2,1-5H3,(H2,41,54)(H2,42,55)(H,43,45,56)(H,44,46,57)/b11-9+/t26-/m0/s1. The zero-order valence-electron chi connectivity index (χ0n) is 34.8. The van der Waals surface area contributed by atoms with Crippen molar-refractivity contribution in [3.8, 4) is 5.75 Å². The summed E-state index contributed by atoms with van der Waals surface area (Å²) in [6, 6.07) is 9.18. The van der Waals surface area contributed by atoms with E-state index in [1.165, 1.54) is 12.1 Å². The molecule has 326 valence electrons. The molecule has 1 aliphatic heterocycles. The number of primary amides is 2. The number of benzene rings is 2. The van der Waals surface area contributed by atoms with Gasteiger partial charge in [-0.1, -0.05) is 12.2 Å². The third kappa shape index (κ3) is 8.82. The predicted octanol–water partition coefficient (Wildman–Crippen LogP) is 3.35. The third-order valence-electron chi connectivity index (χ3n) is 10.2. The normalized spacial score (nSPS) is 14.0. The lowest BCUT2D eigenvalue weighted by Gasteiger charge is -2.32. The number of aryl methyl sites for hydroxylation is 4. The molecule has 4 aromatic heterocycles. The number of nitrogens with one attached hydrogen (secondary N) is 2. The second-order valence-corrected chi connectivity index (χ2v) is 16.3. The lowest BCUT2D eigenvalue weighted by Crippen LogP contribution is -2.32. The van der Waals surface area contributed by atoms with Gasteiger partial charge in [-0.15, -0.1) is 0 Å². The zero-order valence-corrected chi connectivity index (χ0v) is 35.7. The summed E-state index contributed by atoms with van der Waals surface area (Å²) >= 11 is 0. The third-order valence-corrected chi connectivity index (χ3v) is 10.8. The number of nitrogens with two attached hydrogens (primary N) is 2. The zero-order chi connectivity index (χ0) is 44.6. The van der Waals surface area contributed by atoms with Gasteiger partial charge in [0.25, 0.3) is 11.8 Å². The van der Waals surface area contributed by atoms with Crippen molar-refractivity contribution in [3.63, 3.8) is 0 Å². The van der Waals surface area contributed by atoms with Crippen molar-refractivity contribution >= 4 is 77.1 Å². The van der Waals surface area contributed by atoms with Crippen molar-refractivity contribution in [2.75, 3.05) is 42.3 Å². The number of ether oxygens (including phenoxy) is 1. The fourth-order valence-corrected chi connectivity index (χ4v) is 7.88. The molecule has 0 saturated heterocycles. The van der Waals surface area contributed by atoms with Gasteiger partial charge in [0.05, 0.1) is 52.9 Å². The quantitative estimate of drug-likeness (QED) is 0.0437. The molecule has 1 aliphatic rings. The molecule has 0 bridgehead atoms. The molecule has 21 nitrogen and oxygen atoms in total. The SMILES string of the molecule is C=P(O)(O)OCCCOc1cc(C(N)=O)cc2nc(NC(=O)c3cc(C)nn3CC)n(C/C=C/[C@H]3CN(C)c4cc(C(N)=O)cc5nc(NC(=O)c6cc(C)nn6CC)n3c45)c12. The fourth-order valence-electron chi connectivity index (χ4n) is 7.46. The maximum atomic E-state index is 13.8. The van der Waals surface area contributed by atoms with E-state index in [0.717, 1.165) is 0 Å². The largest absolute Gasteiger partial charge is 0.491 e. The lowest BCUT2D eigenvalue weighted by molar-refractivity contribution is 0.0992. The molecule has 22 heteroatoms. The second kappa shape index (κ2) is 17.3. The van der Waals surface area contributed by atoms with Crippen LogP contribution in [0.3, 0.4) is 0 Å². The average Bonchev–Trinajstić information content (AvgIpc) is 3.98. The number of amides is 4. The van der Waals surface area contributed by atoms with Gasteiger partial charge in [0.1, 0.15) is 22.7 Å². The van der Waals surface area contributed by atoms with Gasteiger partial charge in [0.15, 0.2) is 0 Å². The Morgan fingerprint density at radius 1 is 0.855 bits per heavy atom. The number of rotatable bonds is 17. The van der Waals surface area contributed by atoms with Crippen LogP contribution in [0.25, 0.3) is 22.1 Å². The van der Waals surface area contributed by atoms with E-state index in [4.69, 9.17) is 30.7 Å². The van der Waals surface area contributed by atoms with Crippen LogP contribution in [0, 0.1) is 13.8 Å². The second-order valence-electron chi connectivity index (χ2n) is 14.7. The summed E-state index contributed by atoms with van der Waals surface area (Å²) in [4.78, 5) is 83.1. The van der Waals surface area contributed by atoms with Gasteiger partial charge in [-0.25, -0.2) is 9.97 Å². The number of allylic oxidation sites excluding steroid dienone is 1. The molecule has 4 amide bonds. The Labute approximate surface area is 355 Å². The molecule has 0 saturated carbocycles. The average molecular weight is 870 g/mol. The first-order valence-electron chi connectivity index (χ1n) is 19.7. The molecule has 0 spiro atoms. The van der Waals surface area contributed by atoms with Gasteiger partial charge >= 0.3 is 0 Å². The molecule has 6 aromatic rings. The van der Waals surface area contributed by atoms with E-state index in [-0.39, 0.29) is 55.0 Å².